The Bertz CT molecular complexity index is 48.0. The lowest BCUT2D eigenvalue weighted by atomic mass is 9.72. The van der Waals surface area contributed by atoms with Crippen LogP contribution in [0.3, 0.4) is 0 Å². The van der Waals surface area contributed by atoms with Crippen molar-refractivity contribution >= 4 is 14.2 Å². The van der Waals surface area contributed by atoms with E-state index in [2.05, 4.69) is 0 Å². The van der Waals surface area contributed by atoms with E-state index in [1.54, 1.807) is 0 Å². The van der Waals surface area contributed by atoms with Crippen LogP contribution >= 0.6 is 0 Å². The predicted octanol–water partition coefficient (Wildman–Crippen LogP) is -2.07. The molecule has 6 heteroatoms. The lowest BCUT2D eigenvalue weighted by Gasteiger charge is -1.95. The lowest BCUT2D eigenvalue weighted by Crippen LogP contribution is -2.17. The molecule has 0 spiro atoms. The molecule has 0 aromatic rings. The summed E-state index contributed by atoms with van der Waals surface area (Å²) in [6.07, 6.45) is -0.00463. The average Bonchev–Trinajstić information content (AvgIpc) is 1.61. The van der Waals surface area contributed by atoms with E-state index in [9.17, 15) is 0 Å². The van der Waals surface area contributed by atoms with Crippen LogP contribution in [0.2, 0.25) is 12.6 Å². The first kappa shape index (κ1) is 7.97. The van der Waals surface area contributed by atoms with Gasteiger partial charge in [-0.3, -0.25) is 0 Å². The summed E-state index contributed by atoms with van der Waals surface area (Å²) in [6, 6.07) is 0. The Morgan fingerprint density at radius 2 is 1.00 bits per heavy atom. The first-order valence-electron chi connectivity index (χ1n) is 2.35. The molecule has 0 aliphatic carbocycles. The summed E-state index contributed by atoms with van der Waals surface area (Å²) in [6.45, 7) is 0. The molecule has 0 unspecified atom stereocenters. The second kappa shape index (κ2) is 3.91. The first-order valence-corrected chi connectivity index (χ1v) is 2.35. The van der Waals surface area contributed by atoms with Crippen LogP contribution in [0.5, 0.6) is 0 Å². The summed E-state index contributed by atoms with van der Waals surface area (Å²) >= 11 is 0. The van der Waals surface area contributed by atoms with Crippen molar-refractivity contribution in [2.24, 2.45) is 0 Å². The van der Waals surface area contributed by atoms with Crippen LogP contribution in [0.15, 0.2) is 0 Å². The number of hydrogen-bond acceptors (Lipinski definition) is 4. The van der Waals surface area contributed by atoms with Crippen LogP contribution in [-0.4, -0.2) is 34.3 Å². The second-order valence-electron chi connectivity index (χ2n) is 1.54. The van der Waals surface area contributed by atoms with E-state index in [1.165, 1.54) is 0 Å². The van der Waals surface area contributed by atoms with E-state index >= 15 is 0 Å². The highest BCUT2D eigenvalue weighted by Gasteiger charge is 2.12. The molecule has 4 N–H and O–H groups in total. The van der Waals surface area contributed by atoms with Crippen molar-refractivity contribution < 1.29 is 20.1 Å². The molecule has 0 saturated heterocycles. The minimum absolute atomic E-state index is 0.00231. The highest BCUT2D eigenvalue weighted by molar-refractivity contribution is 6.47. The molecule has 0 aliphatic rings. The molecule has 0 heterocycles. The average molecular weight is 118 g/mol. The molecule has 0 fully saturated rings. The zero-order chi connectivity index (χ0) is 6.57. The number of hydrogen-bond donors (Lipinski definition) is 4. The fourth-order valence-corrected chi connectivity index (χ4v) is 0.298. The molecule has 0 aromatic heterocycles. The minimum atomic E-state index is -1.43. The van der Waals surface area contributed by atoms with Crippen molar-refractivity contribution in [3.05, 3.63) is 0 Å². The normalized spacial score (nSPS) is 9.00. The second-order valence-corrected chi connectivity index (χ2v) is 1.54. The van der Waals surface area contributed by atoms with Gasteiger partial charge in [0.1, 0.15) is 0 Å². The Kier molecular flexibility index (Phi) is 3.90. The standard InChI is InChI=1S/C2H8B2O4/c5-3(6)1-2-4(7)8/h5-8H,1-2H2. The summed E-state index contributed by atoms with van der Waals surface area (Å²) in [5.74, 6) is 0. The molecular weight excluding hydrogens is 110 g/mol. The van der Waals surface area contributed by atoms with Crippen molar-refractivity contribution in [1.82, 2.24) is 0 Å². The van der Waals surface area contributed by atoms with E-state index in [0.717, 1.165) is 0 Å². The molecule has 0 saturated carbocycles. The molecule has 0 atom stereocenters. The van der Waals surface area contributed by atoms with Gasteiger partial charge in [0.2, 0.25) is 0 Å². The van der Waals surface area contributed by atoms with Gasteiger partial charge in [-0.25, -0.2) is 0 Å². The third kappa shape index (κ3) is 5.97. The summed E-state index contributed by atoms with van der Waals surface area (Å²) in [5.41, 5.74) is 0. The van der Waals surface area contributed by atoms with E-state index in [-0.39, 0.29) is 12.6 Å². The molecule has 0 bridgehead atoms. The van der Waals surface area contributed by atoms with Gasteiger partial charge >= 0.3 is 14.2 Å². The predicted molar refractivity (Wildman–Crippen MR) is 30.0 cm³/mol. The molecular formula is C2H8B2O4. The Morgan fingerprint density at radius 1 is 0.750 bits per heavy atom. The van der Waals surface area contributed by atoms with Gasteiger partial charge in [0.15, 0.2) is 0 Å². The van der Waals surface area contributed by atoms with Crippen molar-refractivity contribution in [3.8, 4) is 0 Å². The smallest absolute Gasteiger partial charge is 0.427 e. The maximum Gasteiger partial charge on any atom is 0.450 e. The SMILES string of the molecule is OB(O)CCB(O)O. The van der Waals surface area contributed by atoms with Crippen LogP contribution in [0.25, 0.3) is 0 Å². The summed E-state index contributed by atoms with van der Waals surface area (Å²) in [7, 11) is -2.87. The molecule has 0 aliphatic heterocycles. The molecule has 0 amide bonds. The third-order valence-electron chi connectivity index (χ3n) is 0.683. The quantitative estimate of drug-likeness (QED) is 0.321. The van der Waals surface area contributed by atoms with Crippen LogP contribution in [0, 0.1) is 0 Å². The van der Waals surface area contributed by atoms with Crippen molar-refractivity contribution in [2.75, 3.05) is 0 Å². The Morgan fingerprint density at radius 3 is 1.12 bits per heavy atom. The highest BCUT2D eigenvalue weighted by Crippen LogP contribution is 1.93. The highest BCUT2D eigenvalue weighted by atomic mass is 16.4. The third-order valence-corrected chi connectivity index (χ3v) is 0.683. The zero-order valence-electron chi connectivity index (χ0n) is 4.36. The maximum atomic E-state index is 8.13. The van der Waals surface area contributed by atoms with Gasteiger partial charge in [0, 0.05) is 0 Å². The molecule has 8 heavy (non-hydrogen) atoms. The van der Waals surface area contributed by atoms with Crippen molar-refractivity contribution in [1.29, 1.82) is 0 Å². The summed E-state index contributed by atoms with van der Waals surface area (Å²) in [5, 5.41) is 32.5. The fourth-order valence-electron chi connectivity index (χ4n) is 0.298. The Balaban J connectivity index is 2.93. The van der Waals surface area contributed by atoms with Crippen molar-refractivity contribution in [3.63, 3.8) is 0 Å². The van der Waals surface area contributed by atoms with Crippen LogP contribution in [0.4, 0.5) is 0 Å². The monoisotopic (exact) mass is 118 g/mol. The van der Waals surface area contributed by atoms with Crippen LogP contribution < -0.4 is 0 Å². The van der Waals surface area contributed by atoms with E-state index in [0.29, 0.717) is 0 Å². The number of rotatable bonds is 3. The topological polar surface area (TPSA) is 80.9 Å². The maximum absolute atomic E-state index is 8.13. The lowest BCUT2D eigenvalue weighted by molar-refractivity contribution is 0.389. The van der Waals surface area contributed by atoms with E-state index in [1.807, 2.05) is 0 Å². The Hall–Kier alpha value is -0.0301. The van der Waals surface area contributed by atoms with Gasteiger partial charge in [0.25, 0.3) is 0 Å². The van der Waals surface area contributed by atoms with E-state index in [4.69, 9.17) is 20.1 Å². The minimum Gasteiger partial charge on any atom is -0.427 e. The molecule has 4 nitrogen and oxygen atoms in total. The van der Waals surface area contributed by atoms with Crippen molar-refractivity contribution in [2.45, 2.75) is 12.6 Å². The van der Waals surface area contributed by atoms with Crippen LogP contribution in [0.1, 0.15) is 0 Å². The van der Waals surface area contributed by atoms with Gasteiger partial charge in [0.05, 0.1) is 0 Å². The molecule has 0 rings (SSSR count). The van der Waals surface area contributed by atoms with Crippen LogP contribution in [-0.2, 0) is 0 Å². The Labute approximate surface area is 48.1 Å². The molecule has 0 radical (unpaired) electrons. The van der Waals surface area contributed by atoms with Gasteiger partial charge in [-0.2, -0.15) is 0 Å². The molecule has 0 aromatic carbocycles. The van der Waals surface area contributed by atoms with Gasteiger partial charge in [-0.15, -0.1) is 0 Å². The first-order chi connectivity index (χ1) is 3.63. The van der Waals surface area contributed by atoms with Gasteiger partial charge in [-0.05, 0) is 12.6 Å². The van der Waals surface area contributed by atoms with E-state index < -0.39 is 14.2 Å². The summed E-state index contributed by atoms with van der Waals surface area (Å²) < 4.78 is 0. The fraction of sp³-hybridized carbons (Fsp3) is 1.00. The zero-order valence-corrected chi connectivity index (χ0v) is 4.36. The molecule has 46 valence electrons. The largest absolute Gasteiger partial charge is 0.450 e. The van der Waals surface area contributed by atoms with Gasteiger partial charge < -0.3 is 20.1 Å². The van der Waals surface area contributed by atoms with Gasteiger partial charge in [-0.1, -0.05) is 0 Å². The summed E-state index contributed by atoms with van der Waals surface area (Å²) in [4.78, 5) is 0.